The van der Waals surface area contributed by atoms with Gasteiger partial charge >= 0.3 is 0 Å². The molecule has 0 aliphatic rings. The van der Waals surface area contributed by atoms with Gasteiger partial charge in [0.25, 0.3) is 11.5 Å². The van der Waals surface area contributed by atoms with Crippen LogP contribution in [0.2, 0.25) is 0 Å². The van der Waals surface area contributed by atoms with Crippen LogP contribution in [-0.4, -0.2) is 40.4 Å². The first kappa shape index (κ1) is 28.6. The second-order valence-corrected chi connectivity index (χ2v) is 9.44. The molecule has 0 radical (unpaired) electrons. The number of methoxy groups -OCH3 is 1. The lowest BCUT2D eigenvalue weighted by molar-refractivity contribution is 0.102. The molecule has 5 N–H and O–H groups in total. The first-order valence-corrected chi connectivity index (χ1v) is 12.6. The van der Waals surface area contributed by atoms with E-state index in [0.29, 0.717) is 22.6 Å². The molecule has 1 amide bonds. The maximum absolute atomic E-state index is 15.2. The number of aromatic nitrogens is 2. The number of hydrogen-bond donors (Lipinski definition) is 4. The Labute approximate surface area is 231 Å². The Morgan fingerprint density at radius 1 is 1.12 bits per heavy atom. The zero-order valence-corrected chi connectivity index (χ0v) is 22.8. The molecule has 10 heteroatoms. The molecule has 3 aromatic carbocycles. The predicted octanol–water partition coefficient (Wildman–Crippen LogP) is 3.50. The molecule has 0 saturated heterocycles. The third-order valence-electron chi connectivity index (χ3n) is 6.87. The number of nitrogens with zero attached hydrogens (tertiary/aromatic N) is 2. The van der Waals surface area contributed by atoms with Crippen molar-refractivity contribution in [2.75, 3.05) is 19.0 Å². The van der Waals surface area contributed by atoms with Crippen LogP contribution in [-0.2, 0) is 13.6 Å². The van der Waals surface area contributed by atoms with Gasteiger partial charge < -0.3 is 25.5 Å². The molecule has 0 aliphatic carbocycles. The van der Waals surface area contributed by atoms with Crippen LogP contribution in [0.3, 0.4) is 0 Å². The van der Waals surface area contributed by atoms with Gasteiger partial charge in [-0.3, -0.25) is 14.9 Å². The fourth-order valence-corrected chi connectivity index (χ4v) is 4.57. The first-order chi connectivity index (χ1) is 19.2. The van der Waals surface area contributed by atoms with Crippen molar-refractivity contribution in [1.82, 2.24) is 14.9 Å². The number of aryl methyl sites for hydroxylation is 1. The largest absolute Gasteiger partial charge is 0.496 e. The molecule has 0 spiro atoms. The van der Waals surface area contributed by atoms with Crippen molar-refractivity contribution in [1.29, 1.82) is 0 Å². The predicted molar refractivity (Wildman–Crippen MR) is 153 cm³/mol. The van der Waals surface area contributed by atoms with Crippen LogP contribution in [0.5, 0.6) is 5.75 Å². The summed E-state index contributed by atoms with van der Waals surface area (Å²) in [7, 11) is 3.01. The van der Waals surface area contributed by atoms with Gasteiger partial charge in [0.2, 0.25) is 0 Å². The van der Waals surface area contributed by atoms with Gasteiger partial charge in [0.15, 0.2) is 0 Å². The molecular weight excluding hydrogens is 513 g/mol. The number of aliphatic hydroxyl groups excluding tert-OH is 1. The Hall–Kier alpha value is -4.38. The molecular formula is C30H32FN5O4. The minimum atomic E-state index is -0.679. The van der Waals surface area contributed by atoms with Crippen molar-refractivity contribution in [2.24, 2.45) is 12.8 Å². The number of anilines is 1. The van der Waals surface area contributed by atoms with E-state index in [1.807, 2.05) is 44.2 Å². The van der Waals surface area contributed by atoms with Gasteiger partial charge in [-0.15, -0.1) is 0 Å². The standard InChI is InChI=1S/C30H32FN5O4/c1-17-20(19-11-25(31)23(27(12-19)40-4)14-34-28(32)15-37)7-5-8-21(17)22-9-6-10-26(18(22)2)35-29(38)24-13-33-16-36(3)30(24)39/h5-13,16,28,34,37H,14-15,32H2,1-4H3,(H,35,38)/t28-/m0/s1. The maximum atomic E-state index is 15.2. The van der Waals surface area contributed by atoms with Crippen molar-refractivity contribution in [2.45, 2.75) is 26.6 Å². The Morgan fingerprint density at radius 3 is 2.50 bits per heavy atom. The summed E-state index contributed by atoms with van der Waals surface area (Å²) in [5, 5.41) is 14.9. The molecule has 1 atom stereocenters. The summed E-state index contributed by atoms with van der Waals surface area (Å²) >= 11 is 0. The van der Waals surface area contributed by atoms with Gasteiger partial charge in [0.1, 0.15) is 17.1 Å². The lowest BCUT2D eigenvalue weighted by atomic mass is 9.90. The van der Waals surface area contributed by atoms with Crippen molar-refractivity contribution in [3.05, 3.63) is 99.5 Å². The van der Waals surface area contributed by atoms with E-state index < -0.39 is 23.4 Å². The van der Waals surface area contributed by atoms with Crippen molar-refractivity contribution < 1.29 is 19.0 Å². The minimum absolute atomic E-state index is 0.0547. The monoisotopic (exact) mass is 545 g/mol. The van der Waals surface area contributed by atoms with E-state index in [0.717, 1.165) is 27.8 Å². The molecule has 1 aromatic heterocycles. The Kier molecular flexibility index (Phi) is 8.73. The van der Waals surface area contributed by atoms with E-state index >= 15 is 4.39 Å². The average molecular weight is 546 g/mol. The molecule has 40 heavy (non-hydrogen) atoms. The fraction of sp³-hybridized carbons (Fsp3) is 0.233. The lowest BCUT2D eigenvalue weighted by Gasteiger charge is -2.18. The van der Waals surface area contributed by atoms with Gasteiger partial charge in [-0.1, -0.05) is 30.3 Å². The number of nitrogens with one attached hydrogen (secondary N) is 2. The van der Waals surface area contributed by atoms with Gasteiger partial charge in [-0.05, 0) is 65.4 Å². The number of halogens is 1. The number of ether oxygens (including phenoxy) is 1. The van der Waals surface area contributed by atoms with Gasteiger partial charge in [-0.2, -0.15) is 0 Å². The number of hydrogen-bond acceptors (Lipinski definition) is 7. The molecule has 4 aromatic rings. The Balaban J connectivity index is 1.70. The molecule has 208 valence electrons. The molecule has 0 aliphatic heterocycles. The number of aliphatic hydroxyl groups is 1. The van der Waals surface area contributed by atoms with Crippen molar-refractivity contribution >= 4 is 11.6 Å². The van der Waals surface area contributed by atoms with Crippen LogP contribution >= 0.6 is 0 Å². The topological polar surface area (TPSA) is 132 Å². The molecule has 0 unspecified atom stereocenters. The van der Waals surface area contributed by atoms with E-state index in [1.165, 1.54) is 37.3 Å². The highest BCUT2D eigenvalue weighted by atomic mass is 19.1. The molecule has 0 fully saturated rings. The molecule has 4 rings (SSSR count). The number of carbonyl (C=O) groups excluding carboxylic acids is 1. The van der Waals surface area contributed by atoms with Crippen LogP contribution in [0, 0.1) is 19.7 Å². The van der Waals surface area contributed by atoms with Crippen molar-refractivity contribution in [3.63, 3.8) is 0 Å². The highest BCUT2D eigenvalue weighted by molar-refractivity contribution is 6.04. The second-order valence-electron chi connectivity index (χ2n) is 9.44. The number of carbonyl (C=O) groups is 1. The summed E-state index contributed by atoms with van der Waals surface area (Å²) in [5.41, 5.74) is 11.0. The van der Waals surface area contributed by atoms with Gasteiger partial charge in [-0.25, -0.2) is 9.37 Å². The summed E-state index contributed by atoms with van der Waals surface area (Å²) in [5.74, 6) is -0.643. The van der Waals surface area contributed by atoms with Crippen LogP contribution in [0.4, 0.5) is 10.1 Å². The number of amides is 1. The third-order valence-corrected chi connectivity index (χ3v) is 6.87. The first-order valence-electron chi connectivity index (χ1n) is 12.6. The summed E-state index contributed by atoms with van der Waals surface area (Å²) in [4.78, 5) is 29.2. The molecule has 0 bridgehead atoms. The zero-order chi connectivity index (χ0) is 29.0. The van der Waals surface area contributed by atoms with Gasteiger partial charge in [0, 0.05) is 31.0 Å². The quantitative estimate of drug-likeness (QED) is 0.237. The highest BCUT2D eigenvalue weighted by Crippen LogP contribution is 2.37. The van der Waals surface area contributed by atoms with Gasteiger partial charge in [0.05, 0.1) is 26.2 Å². The summed E-state index contributed by atoms with van der Waals surface area (Å²) < 4.78 is 22.0. The second kappa shape index (κ2) is 12.2. The number of rotatable bonds is 9. The van der Waals surface area contributed by atoms with E-state index in [2.05, 4.69) is 15.6 Å². The van der Waals surface area contributed by atoms with E-state index in [9.17, 15) is 9.59 Å². The summed E-state index contributed by atoms with van der Waals surface area (Å²) in [6.45, 7) is 3.66. The number of benzene rings is 3. The fourth-order valence-electron chi connectivity index (χ4n) is 4.57. The van der Waals surface area contributed by atoms with Crippen LogP contribution < -0.4 is 26.7 Å². The van der Waals surface area contributed by atoms with Crippen LogP contribution in [0.25, 0.3) is 22.3 Å². The minimum Gasteiger partial charge on any atom is -0.496 e. The molecule has 9 nitrogen and oxygen atoms in total. The normalized spacial score (nSPS) is 11.8. The van der Waals surface area contributed by atoms with Crippen LogP contribution in [0.15, 0.2) is 65.8 Å². The Bertz CT molecular complexity index is 1620. The van der Waals surface area contributed by atoms with E-state index in [-0.39, 0.29) is 18.7 Å². The highest BCUT2D eigenvalue weighted by Gasteiger charge is 2.18. The third kappa shape index (κ3) is 5.79. The molecule has 0 saturated carbocycles. The zero-order valence-electron chi connectivity index (χ0n) is 22.8. The number of nitrogens with two attached hydrogens (primary N) is 1. The lowest BCUT2D eigenvalue weighted by Crippen LogP contribution is -2.40. The summed E-state index contributed by atoms with van der Waals surface area (Å²) in [6, 6.07) is 14.5. The Morgan fingerprint density at radius 2 is 1.80 bits per heavy atom. The average Bonchev–Trinajstić information content (AvgIpc) is 2.94. The maximum Gasteiger partial charge on any atom is 0.265 e. The van der Waals surface area contributed by atoms with E-state index in [4.69, 9.17) is 15.6 Å². The summed E-state index contributed by atoms with van der Waals surface area (Å²) in [6.07, 6.45) is 1.92. The van der Waals surface area contributed by atoms with E-state index in [1.54, 1.807) is 12.1 Å². The smallest absolute Gasteiger partial charge is 0.265 e. The van der Waals surface area contributed by atoms with Crippen LogP contribution in [0.1, 0.15) is 27.0 Å². The molecule has 1 heterocycles. The SMILES string of the molecule is COc1cc(-c2cccc(-c3cccc(NC(=O)c4cncn(C)c4=O)c3C)c2C)cc(F)c1CN[C@H](N)CO. The van der Waals surface area contributed by atoms with Crippen molar-refractivity contribution in [3.8, 4) is 28.0 Å².